The fourth-order valence-corrected chi connectivity index (χ4v) is 7.08. The van der Waals surface area contributed by atoms with Crippen molar-refractivity contribution in [2.45, 2.75) is 46.5 Å². The standard InChI is InChI=1S/C23H30Br2OSi/c1-23(2,3)22(21(25)17-11-6-12-18-24)26-27(19-13-7-4-8-14-19)20-15-9-5-10-16-20/h4-5,7-10,13-16,27H,6,11-12,17-18H2,1-3H3/b22-21-. The summed E-state index contributed by atoms with van der Waals surface area (Å²) in [5, 5.41) is 3.70. The lowest BCUT2D eigenvalue weighted by atomic mass is 9.93. The van der Waals surface area contributed by atoms with Gasteiger partial charge >= 0.3 is 0 Å². The molecule has 0 spiro atoms. The molecule has 2 rings (SSSR count). The summed E-state index contributed by atoms with van der Waals surface area (Å²) in [6.07, 6.45) is 4.66. The minimum atomic E-state index is -1.81. The van der Waals surface area contributed by atoms with Crippen LogP contribution < -0.4 is 10.4 Å². The highest BCUT2D eigenvalue weighted by molar-refractivity contribution is 9.11. The molecule has 0 atom stereocenters. The van der Waals surface area contributed by atoms with Crippen molar-refractivity contribution < 1.29 is 4.43 Å². The van der Waals surface area contributed by atoms with Gasteiger partial charge in [-0.3, -0.25) is 0 Å². The largest absolute Gasteiger partial charge is 0.539 e. The first-order chi connectivity index (χ1) is 12.9. The molecule has 0 fully saturated rings. The van der Waals surface area contributed by atoms with Gasteiger partial charge in [-0.05, 0) is 29.6 Å². The number of allylic oxidation sites excluding steroid dienone is 2. The van der Waals surface area contributed by atoms with Crippen molar-refractivity contribution in [2.24, 2.45) is 5.41 Å². The topological polar surface area (TPSA) is 9.23 Å². The molecule has 146 valence electrons. The Bertz CT molecular complexity index is 669. The smallest absolute Gasteiger partial charge is 0.298 e. The molecule has 0 saturated heterocycles. The molecule has 2 aromatic rings. The van der Waals surface area contributed by atoms with E-state index in [0.717, 1.165) is 17.5 Å². The quantitative estimate of drug-likeness (QED) is 0.170. The molecule has 27 heavy (non-hydrogen) atoms. The van der Waals surface area contributed by atoms with E-state index in [1.807, 2.05) is 0 Å². The molecule has 0 radical (unpaired) electrons. The zero-order chi connectivity index (χ0) is 19.7. The first-order valence-electron chi connectivity index (χ1n) is 9.65. The number of halogens is 2. The van der Waals surface area contributed by atoms with Crippen LogP contribution in [0.3, 0.4) is 0 Å². The lowest BCUT2D eigenvalue weighted by Gasteiger charge is -2.30. The normalized spacial score (nSPS) is 12.8. The molecule has 0 aliphatic carbocycles. The predicted octanol–water partition coefficient (Wildman–Crippen LogP) is 6.15. The lowest BCUT2D eigenvalue weighted by molar-refractivity contribution is 0.299. The fraction of sp³-hybridized carbons (Fsp3) is 0.391. The van der Waals surface area contributed by atoms with Crippen LogP contribution in [-0.4, -0.2) is 14.4 Å². The second-order valence-electron chi connectivity index (χ2n) is 7.80. The second-order valence-corrected chi connectivity index (χ2v) is 11.9. The maximum Gasteiger partial charge on any atom is 0.298 e. The van der Waals surface area contributed by atoms with Crippen LogP contribution in [0.2, 0.25) is 0 Å². The number of hydrogen-bond donors (Lipinski definition) is 0. The molecule has 0 aliphatic rings. The third-order valence-corrected chi connectivity index (χ3v) is 8.17. The maximum atomic E-state index is 6.87. The van der Waals surface area contributed by atoms with Crippen LogP contribution in [0.4, 0.5) is 0 Å². The first kappa shape index (κ1) is 22.4. The van der Waals surface area contributed by atoms with Gasteiger partial charge in [0.15, 0.2) is 0 Å². The van der Waals surface area contributed by atoms with Crippen LogP contribution in [0.15, 0.2) is 70.9 Å². The summed E-state index contributed by atoms with van der Waals surface area (Å²) in [7, 11) is -1.81. The van der Waals surface area contributed by atoms with Crippen molar-refractivity contribution in [1.29, 1.82) is 0 Å². The van der Waals surface area contributed by atoms with Gasteiger partial charge in [-0.1, -0.05) is 120 Å². The minimum Gasteiger partial charge on any atom is -0.539 e. The molecule has 2 aromatic carbocycles. The van der Waals surface area contributed by atoms with Crippen molar-refractivity contribution in [3.05, 3.63) is 70.9 Å². The van der Waals surface area contributed by atoms with E-state index < -0.39 is 9.04 Å². The summed E-state index contributed by atoms with van der Waals surface area (Å²) in [6.45, 7) is 6.72. The molecule has 0 N–H and O–H groups in total. The molecular weight excluding hydrogens is 480 g/mol. The van der Waals surface area contributed by atoms with Gasteiger partial charge in [0.05, 0.1) is 5.76 Å². The van der Waals surface area contributed by atoms with Crippen LogP contribution in [0.5, 0.6) is 0 Å². The predicted molar refractivity (Wildman–Crippen MR) is 128 cm³/mol. The van der Waals surface area contributed by atoms with Gasteiger partial charge in [0.2, 0.25) is 0 Å². The SMILES string of the molecule is CC(C)(C)/C(O[SiH](c1ccccc1)c1ccccc1)=C(/Br)CCCCCBr. The van der Waals surface area contributed by atoms with Crippen molar-refractivity contribution >= 4 is 51.3 Å². The molecule has 0 unspecified atom stereocenters. The Balaban J connectivity index is 2.33. The van der Waals surface area contributed by atoms with E-state index in [0.29, 0.717) is 0 Å². The first-order valence-corrected chi connectivity index (χ1v) is 13.2. The van der Waals surface area contributed by atoms with Crippen LogP contribution in [0.1, 0.15) is 46.5 Å². The molecule has 0 aromatic heterocycles. The number of hydrogen-bond acceptors (Lipinski definition) is 1. The van der Waals surface area contributed by atoms with Crippen LogP contribution in [0, 0.1) is 5.41 Å². The number of benzene rings is 2. The Hall–Kier alpha value is -0.843. The van der Waals surface area contributed by atoms with E-state index in [1.165, 1.54) is 34.1 Å². The summed E-state index contributed by atoms with van der Waals surface area (Å²) >= 11 is 7.39. The monoisotopic (exact) mass is 508 g/mol. The van der Waals surface area contributed by atoms with Crippen molar-refractivity contribution in [3.63, 3.8) is 0 Å². The Labute approximate surface area is 183 Å². The van der Waals surface area contributed by atoms with E-state index >= 15 is 0 Å². The summed E-state index contributed by atoms with van der Waals surface area (Å²) in [5.74, 6) is 1.10. The molecule has 0 saturated carbocycles. The fourth-order valence-electron chi connectivity index (χ4n) is 3.01. The molecule has 4 heteroatoms. The number of alkyl halides is 1. The summed E-state index contributed by atoms with van der Waals surface area (Å²) in [5.41, 5.74) is -0.0386. The van der Waals surface area contributed by atoms with E-state index in [1.54, 1.807) is 0 Å². The van der Waals surface area contributed by atoms with Crippen molar-refractivity contribution in [1.82, 2.24) is 0 Å². The highest BCUT2D eigenvalue weighted by Gasteiger charge is 2.28. The highest BCUT2D eigenvalue weighted by Crippen LogP contribution is 2.34. The van der Waals surface area contributed by atoms with Gasteiger partial charge in [-0.15, -0.1) is 0 Å². The average molecular weight is 510 g/mol. The number of unbranched alkanes of at least 4 members (excludes halogenated alkanes) is 2. The van der Waals surface area contributed by atoms with Gasteiger partial charge < -0.3 is 4.43 Å². The van der Waals surface area contributed by atoms with E-state index in [9.17, 15) is 0 Å². The molecule has 0 bridgehead atoms. The summed E-state index contributed by atoms with van der Waals surface area (Å²) < 4.78 is 8.08. The van der Waals surface area contributed by atoms with Gasteiger partial charge in [-0.25, -0.2) is 0 Å². The van der Waals surface area contributed by atoms with Crippen molar-refractivity contribution in [3.8, 4) is 0 Å². The molecular formula is C23H30Br2OSi. The molecule has 0 amide bonds. The van der Waals surface area contributed by atoms with Gasteiger partial charge in [-0.2, -0.15) is 0 Å². The Morgan fingerprint density at radius 1 is 0.852 bits per heavy atom. The Kier molecular flexibility index (Phi) is 9.34. The lowest BCUT2D eigenvalue weighted by Crippen LogP contribution is -2.45. The number of rotatable bonds is 9. The van der Waals surface area contributed by atoms with E-state index in [2.05, 4.69) is 113 Å². The minimum absolute atomic E-state index is 0.0386. The molecule has 0 aliphatic heterocycles. The van der Waals surface area contributed by atoms with Crippen molar-refractivity contribution in [2.75, 3.05) is 5.33 Å². The van der Waals surface area contributed by atoms with Crippen LogP contribution in [-0.2, 0) is 4.43 Å². The summed E-state index contributed by atoms with van der Waals surface area (Å²) in [4.78, 5) is 0. The molecule has 1 nitrogen and oxygen atoms in total. The summed E-state index contributed by atoms with van der Waals surface area (Å²) in [6, 6.07) is 21.4. The Morgan fingerprint density at radius 3 is 1.81 bits per heavy atom. The maximum absolute atomic E-state index is 6.87. The van der Waals surface area contributed by atoms with Crippen LogP contribution >= 0.6 is 31.9 Å². The zero-order valence-corrected chi connectivity index (χ0v) is 20.9. The van der Waals surface area contributed by atoms with E-state index in [4.69, 9.17) is 4.43 Å². The highest BCUT2D eigenvalue weighted by atomic mass is 79.9. The average Bonchev–Trinajstić information content (AvgIpc) is 2.66. The van der Waals surface area contributed by atoms with Gasteiger partial charge in [0, 0.05) is 15.2 Å². The van der Waals surface area contributed by atoms with Gasteiger partial charge in [0.1, 0.15) is 0 Å². The Morgan fingerprint density at radius 2 is 1.37 bits per heavy atom. The third kappa shape index (κ3) is 7.24. The molecule has 0 heterocycles. The van der Waals surface area contributed by atoms with Gasteiger partial charge in [0.25, 0.3) is 9.04 Å². The second kappa shape index (κ2) is 11.2. The third-order valence-electron chi connectivity index (χ3n) is 4.40. The van der Waals surface area contributed by atoms with E-state index in [-0.39, 0.29) is 5.41 Å². The zero-order valence-electron chi connectivity index (χ0n) is 16.6. The van der Waals surface area contributed by atoms with Crippen LogP contribution in [0.25, 0.3) is 0 Å².